The molecule has 0 bridgehead atoms. The van der Waals surface area contributed by atoms with Crippen LogP contribution < -0.4 is 0 Å². The Labute approximate surface area is 82.0 Å². The van der Waals surface area contributed by atoms with Gasteiger partial charge in [0.05, 0.1) is 0 Å². The number of benzene rings is 1. The Bertz CT molecular complexity index is 273. The van der Waals surface area contributed by atoms with Gasteiger partial charge in [-0.2, -0.15) is 0 Å². The lowest BCUT2D eigenvalue weighted by Crippen LogP contribution is -1.95. The highest BCUT2D eigenvalue weighted by Crippen LogP contribution is 2.23. The van der Waals surface area contributed by atoms with Crippen LogP contribution in [0.15, 0.2) is 18.2 Å². The van der Waals surface area contributed by atoms with Gasteiger partial charge in [-0.15, -0.1) is 0 Å². The molecular weight excluding hydrogens is 156 g/mol. The number of hydrogen-bond donors (Lipinski definition) is 0. The molecule has 1 atom stereocenters. The first-order valence-electron chi connectivity index (χ1n) is 5.28. The van der Waals surface area contributed by atoms with E-state index in [1.54, 1.807) is 0 Å². The maximum absolute atomic E-state index is 2.32. The first-order valence-corrected chi connectivity index (χ1v) is 5.28. The second-order valence-corrected chi connectivity index (χ2v) is 3.85. The number of rotatable bonds is 3. The van der Waals surface area contributed by atoms with Crippen LogP contribution in [-0.4, -0.2) is 0 Å². The van der Waals surface area contributed by atoms with Crippen molar-refractivity contribution in [2.45, 2.75) is 46.5 Å². The lowest BCUT2D eigenvalue weighted by atomic mass is 9.93. The van der Waals surface area contributed by atoms with E-state index in [0.717, 1.165) is 6.42 Å². The Hall–Kier alpha value is -0.780. The highest BCUT2D eigenvalue weighted by atomic mass is 14.1. The first kappa shape index (κ1) is 10.3. The summed E-state index contributed by atoms with van der Waals surface area (Å²) in [5.74, 6) is 0.700. The lowest BCUT2D eigenvalue weighted by molar-refractivity contribution is 0.727. The van der Waals surface area contributed by atoms with Crippen molar-refractivity contribution in [1.29, 1.82) is 0 Å². The minimum Gasteiger partial charge on any atom is -0.0648 e. The SMILES string of the molecule is CCc1ccc(C(C)CC)c(C)c1. The highest BCUT2D eigenvalue weighted by molar-refractivity contribution is 5.33. The molecule has 0 aromatic heterocycles. The zero-order valence-electron chi connectivity index (χ0n) is 9.22. The monoisotopic (exact) mass is 176 g/mol. The fourth-order valence-corrected chi connectivity index (χ4v) is 1.73. The fraction of sp³-hybridized carbons (Fsp3) is 0.538. The summed E-state index contributed by atoms with van der Waals surface area (Å²) >= 11 is 0. The zero-order valence-corrected chi connectivity index (χ0v) is 9.22. The van der Waals surface area contributed by atoms with Crippen LogP contribution in [0.2, 0.25) is 0 Å². The van der Waals surface area contributed by atoms with Crippen molar-refractivity contribution in [2.75, 3.05) is 0 Å². The van der Waals surface area contributed by atoms with Gasteiger partial charge in [-0.25, -0.2) is 0 Å². The normalized spacial score (nSPS) is 12.9. The van der Waals surface area contributed by atoms with Crippen LogP contribution in [0.1, 0.15) is 49.8 Å². The minimum atomic E-state index is 0.700. The van der Waals surface area contributed by atoms with Gasteiger partial charge >= 0.3 is 0 Å². The molecule has 0 nitrogen and oxygen atoms in total. The summed E-state index contributed by atoms with van der Waals surface area (Å²) in [6.07, 6.45) is 2.37. The summed E-state index contributed by atoms with van der Waals surface area (Å²) in [7, 11) is 0. The Morgan fingerprint density at radius 2 is 1.92 bits per heavy atom. The van der Waals surface area contributed by atoms with Gasteiger partial charge in [-0.1, -0.05) is 39.0 Å². The van der Waals surface area contributed by atoms with Crippen LogP contribution in [0, 0.1) is 6.92 Å². The van der Waals surface area contributed by atoms with Crippen molar-refractivity contribution in [2.24, 2.45) is 0 Å². The standard InChI is InChI=1S/C13H20/c1-5-10(3)13-8-7-12(6-2)9-11(13)4/h7-10H,5-6H2,1-4H3. The van der Waals surface area contributed by atoms with E-state index in [9.17, 15) is 0 Å². The molecule has 0 saturated heterocycles. The van der Waals surface area contributed by atoms with Gasteiger partial charge in [0.2, 0.25) is 0 Å². The van der Waals surface area contributed by atoms with Gasteiger partial charge < -0.3 is 0 Å². The highest BCUT2D eigenvalue weighted by Gasteiger charge is 2.05. The third-order valence-corrected chi connectivity index (χ3v) is 2.89. The second kappa shape index (κ2) is 4.45. The lowest BCUT2D eigenvalue weighted by Gasteiger charge is -2.13. The van der Waals surface area contributed by atoms with Crippen molar-refractivity contribution in [1.82, 2.24) is 0 Å². The van der Waals surface area contributed by atoms with Crippen LogP contribution in [0.25, 0.3) is 0 Å². The third-order valence-electron chi connectivity index (χ3n) is 2.89. The molecule has 72 valence electrons. The van der Waals surface area contributed by atoms with E-state index in [1.807, 2.05) is 0 Å². The van der Waals surface area contributed by atoms with Crippen molar-refractivity contribution in [3.8, 4) is 0 Å². The van der Waals surface area contributed by atoms with E-state index in [1.165, 1.54) is 23.1 Å². The largest absolute Gasteiger partial charge is 0.0648 e. The van der Waals surface area contributed by atoms with Crippen molar-refractivity contribution >= 4 is 0 Å². The van der Waals surface area contributed by atoms with Gasteiger partial charge in [0.25, 0.3) is 0 Å². The molecule has 0 fully saturated rings. The van der Waals surface area contributed by atoms with Crippen molar-refractivity contribution in [3.63, 3.8) is 0 Å². The summed E-state index contributed by atoms with van der Waals surface area (Å²) in [4.78, 5) is 0. The predicted molar refractivity (Wildman–Crippen MR) is 59.3 cm³/mol. The van der Waals surface area contributed by atoms with Gasteiger partial charge in [0.15, 0.2) is 0 Å². The number of hydrogen-bond acceptors (Lipinski definition) is 0. The second-order valence-electron chi connectivity index (χ2n) is 3.85. The molecule has 0 N–H and O–H groups in total. The molecule has 0 heterocycles. The quantitative estimate of drug-likeness (QED) is 0.651. The smallest absolute Gasteiger partial charge is 0.0190 e. The average Bonchev–Trinajstić information content (AvgIpc) is 2.16. The molecule has 0 aliphatic rings. The topological polar surface area (TPSA) is 0 Å². The Kier molecular flexibility index (Phi) is 3.53. The predicted octanol–water partition coefficient (Wildman–Crippen LogP) is 4.07. The van der Waals surface area contributed by atoms with E-state index in [4.69, 9.17) is 0 Å². The molecule has 0 heteroatoms. The number of aryl methyl sites for hydroxylation is 2. The van der Waals surface area contributed by atoms with Crippen LogP contribution in [-0.2, 0) is 6.42 Å². The molecule has 0 aliphatic heterocycles. The Morgan fingerprint density at radius 3 is 2.38 bits per heavy atom. The summed E-state index contributed by atoms with van der Waals surface area (Å²) in [5, 5.41) is 0. The van der Waals surface area contributed by atoms with Gasteiger partial charge in [0.1, 0.15) is 0 Å². The summed E-state index contributed by atoms with van der Waals surface area (Å²) < 4.78 is 0. The molecular formula is C13H20. The molecule has 0 aliphatic carbocycles. The maximum atomic E-state index is 2.32. The summed E-state index contributed by atoms with van der Waals surface area (Å²) in [6.45, 7) is 8.98. The third kappa shape index (κ3) is 2.33. The van der Waals surface area contributed by atoms with Crippen molar-refractivity contribution in [3.05, 3.63) is 34.9 Å². The van der Waals surface area contributed by atoms with Crippen LogP contribution in [0.5, 0.6) is 0 Å². The van der Waals surface area contributed by atoms with E-state index >= 15 is 0 Å². The molecule has 0 radical (unpaired) electrons. The average molecular weight is 176 g/mol. The molecule has 0 amide bonds. The molecule has 0 spiro atoms. The zero-order chi connectivity index (χ0) is 9.84. The van der Waals surface area contributed by atoms with E-state index in [0.29, 0.717) is 5.92 Å². The van der Waals surface area contributed by atoms with E-state index < -0.39 is 0 Å². The van der Waals surface area contributed by atoms with Crippen LogP contribution in [0.3, 0.4) is 0 Å². The summed E-state index contributed by atoms with van der Waals surface area (Å²) in [6, 6.07) is 6.87. The first-order chi connectivity index (χ1) is 6.19. The molecule has 13 heavy (non-hydrogen) atoms. The van der Waals surface area contributed by atoms with E-state index in [2.05, 4.69) is 45.9 Å². The van der Waals surface area contributed by atoms with Crippen LogP contribution >= 0.6 is 0 Å². The van der Waals surface area contributed by atoms with Crippen molar-refractivity contribution < 1.29 is 0 Å². The summed E-state index contributed by atoms with van der Waals surface area (Å²) in [5.41, 5.74) is 4.41. The fourth-order valence-electron chi connectivity index (χ4n) is 1.73. The molecule has 0 saturated carbocycles. The maximum Gasteiger partial charge on any atom is -0.0190 e. The van der Waals surface area contributed by atoms with Gasteiger partial charge in [0, 0.05) is 0 Å². The minimum absolute atomic E-state index is 0.700. The Morgan fingerprint density at radius 1 is 1.23 bits per heavy atom. The molecule has 1 unspecified atom stereocenters. The van der Waals surface area contributed by atoms with Gasteiger partial charge in [-0.05, 0) is 42.4 Å². The Balaban J connectivity index is 2.98. The van der Waals surface area contributed by atoms with Gasteiger partial charge in [-0.3, -0.25) is 0 Å². The molecule has 1 aromatic rings. The van der Waals surface area contributed by atoms with Crippen LogP contribution in [0.4, 0.5) is 0 Å². The molecule has 1 aromatic carbocycles. The van der Waals surface area contributed by atoms with E-state index in [-0.39, 0.29) is 0 Å². The molecule has 1 rings (SSSR count).